The Morgan fingerprint density at radius 3 is 2.75 bits per heavy atom. The number of rotatable bonds is 6. The van der Waals surface area contributed by atoms with Crippen molar-refractivity contribution >= 4 is 0 Å². The molecule has 0 bridgehead atoms. The van der Waals surface area contributed by atoms with Crippen molar-refractivity contribution in [3.8, 4) is 0 Å². The number of aryl methyl sites for hydroxylation is 1. The summed E-state index contributed by atoms with van der Waals surface area (Å²) in [5.74, 6) is 0.949. The quantitative estimate of drug-likeness (QED) is 0.874. The van der Waals surface area contributed by atoms with Crippen molar-refractivity contribution < 1.29 is 0 Å². The highest BCUT2D eigenvalue weighted by Crippen LogP contribution is 2.05. The zero-order chi connectivity index (χ0) is 14.6. The van der Waals surface area contributed by atoms with Gasteiger partial charge in [0, 0.05) is 30.4 Å². The van der Waals surface area contributed by atoms with Crippen LogP contribution in [-0.4, -0.2) is 30.1 Å². The molecular weight excluding hydrogens is 252 g/mol. The van der Waals surface area contributed by atoms with E-state index in [1.807, 2.05) is 15.6 Å². The average molecular weight is 276 g/mol. The van der Waals surface area contributed by atoms with Crippen LogP contribution in [0.1, 0.15) is 45.5 Å². The topological polar surface area (TPSA) is 60.6 Å². The van der Waals surface area contributed by atoms with E-state index >= 15 is 0 Å². The molecule has 1 N–H and O–H groups in total. The van der Waals surface area contributed by atoms with E-state index in [0.717, 1.165) is 25.3 Å². The van der Waals surface area contributed by atoms with E-state index in [1.165, 1.54) is 5.56 Å². The lowest BCUT2D eigenvalue weighted by atomic mass is 10.1. The van der Waals surface area contributed by atoms with Crippen molar-refractivity contribution in [1.82, 2.24) is 29.9 Å². The van der Waals surface area contributed by atoms with E-state index in [4.69, 9.17) is 0 Å². The van der Waals surface area contributed by atoms with Gasteiger partial charge in [0.2, 0.25) is 0 Å². The monoisotopic (exact) mass is 276 g/mol. The first kappa shape index (κ1) is 14.7. The van der Waals surface area contributed by atoms with E-state index in [9.17, 15) is 0 Å². The zero-order valence-electron chi connectivity index (χ0n) is 12.8. The minimum Gasteiger partial charge on any atom is -0.308 e. The first-order valence-electron chi connectivity index (χ1n) is 7.11. The van der Waals surface area contributed by atoms with Gasteiger partial charge in [-0.15, -0.1) is 0 Å². The second-order valence-corrected chi connectivity index (χ2v) is 6.05. The van der Waals surface area contributed by atoms with E-state index in [2.05, 4.69) is 54.4 Å². The summed E-state index contributed by atoms with van der Waals surface area (Å²) in [7, 11) is 0. The first-order chi connectivity index (χ1) is 9.48. The number of nitrogens with one attached hydrogen (secondary N) is 1. The Morgan fingerprint density at radius 2 is 2.05 bits per heavy atom. The second-order valence-electron chi connectivity index (χ2n) is 6.05. The molecule has 0 amide bonds. The third-order valence-corrected chi connectivity index (χ3v) is 2.94. The summed E-state index contributed by atoms with van der Waals surface area (Å²) in [5, 5.41) is 12.1. The molecule has 2 aromatic rings. The van der Waals surface area contributed by atoms with Gasteiger partial charge < -0.3 is 5.32 Å². The fraction of sp³-hybridized carbons (Fsp3) is 0.643. The zero-order valence-corrected chi connectivity index (χ0v) is 12.8. The molecule has 0 spiro atoms. The molecule has 2 heterocycles. The molecule has 0 saturated heterocycles. The summed E-state index contributed by atoms with van der Waals surface area (Å²) in [4.78, 5) is 4.30. The summed E-state index contributed by atoms with van der Waals surface area (Å²) in [6, 6.07) is 0. The Labute approximate surface area is 120 Å². The first-order valence-corrected chi connectivity index (χ1v) is 7.11. The van der Waals surface area contributed by atoms with Gasteiger partial charge in [0.05, 0.1) is 6.20 Å². The fourth-order valence-corrected chi connectivity index (χ4v) is 1.91. The van der Waals surface area contributed by atoms with Crippen LogP contribution in [0, 0.1) is 0 Å². The van der Waals surface area contributed by atoms with Crippen LogP contribution in [0.4, 0.5) is 0 Å². The second kappa shape index (κ2) is 6.17. The van der Waals surface area contributed by atoms with Gasteiger partial charge in [0.1, 0.15) is 18.7 Å². The van der Waals surface area contributed by atoms with Crippen molar-refractivity contribution in [2.75, 3.05) is 0 Å². The highest BCUT2D eigenvalue weighted by Gasteiger charge is 2.10. The van der Waals surface area contributed by atoms with E-state index < -0.39 is 0 Å². The van der Waals surface area contributed by atoms with Crippen molar-refractivity contribution in [3.63, 3.8) is 0 Å². The Hall–Kier alpha value is -1.69. The van der Waals surface area contributed by atoms with Crippen LogP contribution >= 0.6 is 0 Å². The largest absolute Gasteiger partial charge is 0.308 e. The van der Waals surface area contributed by atoms with Gasteiger partial charge in [-0.3, -0.25) is 4.68 Å². The third kappa shape index (κ3) is 4.16. The van der Waals surface area contributed by atoms with E-state index in [1.54, 1.807) is 6.33 Å². The maximum atomic E-state index is 4.39. The summed E-state index contributed by atoms with van der Waals surface area (Å²) in [5.41, 5.74) is 1.30. The Morgan fingerprint density at radius 1 is 1.25 bits per heavy atom. The lowest BCUT2D eigenvalue weighted by Gasteiger charge is -2.19. The minimum absolute atomic E-state index is 0.114. The number of hydrogen-bond acceptors (Lipinski definition) is 4. The van der Waals surface area contributed by atoms with E-state index in [-0.39, 0.29) is 5.54 Å². The van der Waals surface area contributed by atoms with Crippen LogP contribution in [0.3, 0.4) is 0 Å². The highest BCUT2D eigenvalue weighted by molar-refractivity contribution is 5.05. The average Bonchev–Trinajstić information content (AvgIpc) is 2.97. The highest BCUT2D eigenvalue weighted by atomic mass is 15.4. The van der Waals surface area contributed by atoms with Crippen LogP contribution in [0.15, 0.2) is 18.7 Å². The summed E-state index contributed by atoms with van der Waals surface area (Å²) in [6.45, 7) is 11.0. The molecule has 2 rings (SSSR count). The van der Waals surface area contributed by atoms with Gasteiger partial charge in [-0.1, -0.05) is 6.92 Å². The smallest absolute Gasteiger partial charge is 0.148 e. The lowest BCUT2D eigenvalue weighted by Crippen LogP contribution is -2.34. The van der Waals surface area contributed by atoms with Crippen molar-refractivity contribution in [1.29, 1.82) is 0 Å². The van der Waals surface area contributed by atoms with Crippen LogP contribution in [-0.2, 0) is 19.6 Å². The molecule has 0 unspecified atom stereocenters. The van der Waals surface area contributed by atoms with Gasteiger partial charge in [-0.2, -0.15) is 10.2 Å². The molecule has 0 fully saturated rings. The summed E-state index contributed by atoms with van der Waals surface area (Å²) >= 11 is 0. The molecule has 6 heteroatoms. The van der Waals surface area contributed by atoms with Gasteiger partial charge >= 0.3 is 0 Å². The molecule has 0 aliphatic carbocycles. The number of aromatic nitrogens is 5. The molecule has 0 radical (unpaired) electrons. The molecular formula is C14H24N6. The third-order valence-electron chi connectivity index (χ3n) is 2.94. The standard InChI is InChI=1S/C14H24N6/c1-5-6-20-13(15-11-18-20)10-19-9-12(8-17-19)7-16-14(2,3)4/h8-9,11,16H,5-7,10H2,1-4H3. The maximum absolute atomic E-state index is 4.39. The van der Waals surface area contributed by atoms with Crippen LogP contribution in [0.2, 0.25) is 0 Å². The molecule has 20 heavy (non-hydrogen) atoms. The van der Waals surface area contributed by atoms with Gasteiger partial charge in [0.25, 0.3) is 0 Å². The molecule has 0 aliphatic heterocycles. The molecule has 0 aromatic carbocycles. The molecule has 0 atom stereocenters. The predicted octanol–water partition coefficient (Wildman–Crippen LogP) is 1.82. The summed E-state index contributed by atoms with van der Waals surface area (Å²) < 4.78 is 3.85. The van der Waals surface area contributed by atoms with Gasteiger partial charge in [-0.25, -0.2) is 9.67 Å². The molecule has 110 valence electrons. The minimum atomic E-state index is 0.114. The Balaban J connectivity index is 1.97. The normalized spacial score (nSPS) is 12.0. The van der Waals surface area contributed by atoms with E-state index in [0.29, 0.717) is 6.54 Å². The van der Waals surface area contributed by atoms with Crippen molar-refractivity contribution in [2.24, 2.45) is 0 Å². The summed E-state index contributed by atoms with van der Waals surface area (Å²) in [6.07, 6.45) is 6.62. The number of nitrogens with zero attached hydrogens (tertiary/aromatic N) is 5. The maximum Gasteiger partial charge on any atom is 0.148 e. The van der Waals surface area contributed by atoms with Gasteiger partial charge in [0.15, 0.2) is 0 Å². The fourth-order valence-electron chi connectivity index (χ4n) is 1.91. The molecule has 0 aliphatic rings. The SMILES string of the molecule is CCCn1ncnc1Cn1cc(CNC(C)(C)C)cn1. The molecule has 0 saturated carbocycles. The van der Waals surface area contributed by atoms with Crippen LogP contribution < -0.4 is 5.32 Å². The van der Waals surface area contributed by atoms with Crippen molar-refractivity contribution in [2.45, 2.75) is 59.3 Å². The molecule has 6 nitrogen and oxygen atoms in total. The van der Waals surface area contributed by atoms with Crippen molar-refractivity contribution in [3.05, 3.63) is 30.1 Å². The molecule has 2 aromatic heterocycles. The lowest BCUT2D eigenvalue weighted by molar-refractivity contribution is 0.424. The Bertz CT molecular complexity index is 534. The van der Waals surface area contributed by atoms with Crippen LogP contribution in [0.25, 0.3) is 0 Å². The Kier molecular flexibility index (Phi) is 4.54. The predicted molar refractivity (Wildman–Crippen MR) is 78.2 cm³/mol. The van der Waals surface area contributed by atoms with Crippen LogP contribution in [0.5, 0.6) is 0 Å². The number of hydrogen-bond donors (Lipinski definition) is 1. The van der Waals surface area contributed by atoms with Gasteiger partial charge in [-0.05, 0) is 27.2 Å².